The summed E-state index contributed by atoms with van der Waals surface area (Å²) < 4.78 is 24.4. The van der Waals surface area contributed by atoms with E-state index in [9.17, 15) is 18.8 Å². The summed E-state index contributed by atoms with van der Waals surface area (Å²) in [6.07, 6.45) is 1.48. The van der Waals surface area contributed by atoms with E-state index in [4.69, 9.17) is 21.1 Å². The van der Waals surface area contributed by atoms with Crippen LogP contribution < -0.4 is 15.4 Å². The minimum Gasteiger partial charge on any atom is -0.495 e. The average Bonchev–Trinajstić information content (AvgIpc) is 3.02. The van der Waals surface area contributed by atoms with Crippen LogP contribution in [-0.2, 0) is 14.3 Å². The zero-order valence-corrected chi connectivity index (χ0v) is 18.6. The molecule has 31 heavy (non-hydrogen) atoms. The summed E-state index contributed by atoms with van der Waals surface area (Å²) >= 11 is 5.91. The lowest BCUT2D eigenvalue weighted by Crippen LogP contribution is -2.53. The van der Waals surface area contributed by atoms with Gasteiger partial charge in [-0.15, -0.1) is 0 Å². The Labute approximate surface area is 185 Å². The van der Waals surface area contributed by atoms with Gasteiger partial charge in [0.05, 0.1) is 13.7 Å². The van der Waals surface area contributed by atoms with Crippen LogP contribution in [0.4, 0.5) is 9.18 Å². The first-order chi connectivity index (χ1) is 14.7. The number of methoxy groups -OCH3 is 2. The first-order valence-electron chi connectivity index (χ1n) is 10.1. The van der Waals surface area contributed by atoms with Crippen molar-refractivity contribution in [2.75, 3.05) is 33.9 Å². The number of rotatable bonds is 7. The van der Waals surface area contributed by atoms with Crippen LogP contribution in [0.3, 0.4) is 0 Å². The van der Waals surface area contributed by atoms with E-state index in [2.05, 4.69) is 10.6 Å². The maximum Gasteiger partial charge on any atom is 0.322 e. The Hall–Kier alpha value is -2.39. The third kappa shape index (κ3) is 4.77. The van der Waals surface area contributed by atoms with Crippen LogP contribution in [0.5, 0.6) is 5.75 Å². The molecule has 2 aliphatic rings. The second-order valence-electron chi connectivity index (χ2n) is 8.15. The number of nitrogens with one attached hydrogen (secondary N) is 2. The minimum atomic E-state index is -1.25. The van der Waals surface area contributed by atoms with E-state index in [1.54, 1.807) is 17.9 Å². The number of piperidine rings is 1. The average molecular weight is 456 g/mol. The number of carbonyl (C=O) groups is 3. The van der Waals surface area contributed by atoms with Crippen molar-refractivity contribution >= 4 is 29.4 Å². The molecule has 2 unspecified atom stereocenters. The summed E-state index contributed by atoms with van der Waals surface area (Å²) in [4.78, 5) is 38.7. The number of amides is 4. The highest BCUT2D eigenvalue weighted by atomic mass is 35.5. The molecule has 0 aromatic heterocycles. The number of halogens is 2. The zero-order chi connectivity index (χ0) is 22.8. The number of hydrogen-bond donors (Lipinski definition) is 2. The van der Waals surface area contributed by atoms with Crippen LogP contribution in [0.15, 0.2) is 12.1 Å². The van der Waals surface area contributed by atoms with E-state index >= 15 is 0 Å². The number of hydrogen-bond acceptors (Lipinski definition) is 5. The van der Waals surface area contributed by atoms with E-state index in [-0.39, 0.29) is 29.9 Å². The molecule has 2 N–H and O–H groups in total. The molecule has 4 amide bonds. The van der Waals surface area contributed by atoms with Crippen molar-refractivity contribution in [2.24, 2.45) is 5.92 Å². The first kappa shape index (κ1) is 23.3. The highest BCUT2D eigenvalue weighted by Crippen LogP contribution is 2.36. The molecule has 8 nitrogen and oxygen atoms in total. The van der Waals surface area contributed by atoms with Crippen molar-refractivity contribution in [3.63, 3.8) is 0 Å². The fourth-order valence-corrected chi connectivity index (χ4v) is 4.59. The lowest BCUT2D eigenvalue weighted by atomic mass is 9.86. The van der Waals surface area contributed by atoms with Gasteiger partial charge in [-0.3, -0.25) is 14.9 Å². The zero-order valence-electron chi connectivity index (χ0n) is 17.8. The van der Waals surface area contributed by atoms with Gasteiger partial charge >= 0.3 is 6.03 Å². The van der Waals surface area contributed by atoms with Gasteiger partial charge in [-0.25, -0.2) is 9.18 Å². The van der Waals surface area contributed by atoms with E-state index < -0.39 is 29.2 Å². The van der Waals surface area contributed by atoms with Crippen molar-refractivity contribution in [3.05, 3.63) is 28.5 Å². The molecule has 0 aliphatic carbocycles. The molecule has 3 rings (SSSR count). The Balaban J connectivity index is 1.63. The van der Waals surface area contributed by atoms with E-state index in [1.165, 1.54) is 20.3 Å². The molecule has 2 aliphatic heterocycles. The number of nitrogens with zero attached hydrogens (tertiary/aromatic N) is 1. The van der Waals surface area contributed by atoms with Crippen molar-refractivity contribution in [1.29, 1.82) is 0 Å². The fraction of sp³-hybridized carbons (Fsp3) is 0.571. The van der Waals surface area contributed by atoms with Crippen LogP contribution >= 0.6 is 11.6 Å². The summed E-state index contributed by atoms with van der Waals surface area (Å²) in [6, 6.07) is 2.57. The smallest absolute Gasteiger partial charge is 0.322 e. The van der Waals surface area contributed by atoms with E-state index in [0.29, 0.717) is 31.7 Å². The fourth-order valence-electron chi connectivity index (χ4n) is 4.40. The van der Waals surface area contributed by atoms with Crippen molar-refractivity contribution in [2.45, 2.75) is 37.6 Å². The van der Waals surface area contributed by atoms with Crippen molar-refractivity contribution in [3.8, 4) is 5.75 Å². The predicted molar refractivity (Wildman–Crippen MR) is 112 cm³/mol. The maximum atomic E-state index is 14.1. The van der Waals surface area contributed by atoms with Crippen LogP contribution in [0, 0.1) is 11.7 Å². The number of carbonyl (C=O) groups excluding carboxylic acids is 3. The lowest BCUT2D eigenvalue weighted by molar-refractivity contribution is -0.138. The van der Waals surface area contributed by atoms with Gasteiger partial charge in [0.1, 0.15) is 22.1 Å². The minimum absolute atomic E-state index is 0.0196. The molecule has 2 saturated heterocycles. The van der Waals surface area contributed by atoms with Gasteiger partial charge in [0.25, 0.3) is 5.91 Å². The van der Waals surface area contributed by atoms with Gasteiger partial charge in [0, 0.05) is 26.1 Å². The maximum absolute atomic E-state index is 14.1. The molecule has 10 heteroatoms. The van der Waals surface area contributed by atoms with Gasteiger partial charge < -0.3 is 19.7 Å². The highest BCUT2D eigenvalue weighted by Gasteiger charge is 2.48. The first-order valence-corrected chi connectivity index (χ1v) is 10.5. The quantitative estimate of drug-likeness (QED) is 0.615. The number of ether oxygens (including phenoxy) is 2. The molecule has 2 heterocycles. The number of imide groups is 1. The molecule has 0 radical (unpaired) electrons. The summed E-state index contributed by atoms with van der Waals surface area (Å²) in [7, 11) is 2.88. The Morgan fingerprint density at radius 1 is 1.32 bits per heavy atom. The molecule has 170 valence electrons. The largest absolute Gasteiger partial charge is 0.495 e. The molecule has 2 fully saturated rings. The van der Waals surface area contributed by atoms with Gasteiger partial charge in [0.2, 0.25) is 5.91 Å². The Bertz CT molecular complexity index is 875. The molecular formula is C21H27ClFN3O5. The van der Waals surface area contributed by atoms with Crippen LogP contribution in [-0.4, -0.2) is 62.2 Å². The Morgan fingerprint density at radius 3 is 2.55 bits per heavy atom. The third-order valence-corrected chi connectivity index (χ3v) is 6.36. The lowest BCUT2D eigenvalue weighted by Gasteiger charge is -2.35. The number of likely N-dealkylation sites (tertiary alicyclic amines) is 1. The Kier molecular flexibility index (Phi) is 7.06. The predicted octanol–water partition coefficient (Wildman–Crippen LogP) is 2.44. The monoisotopic (exact) mass is 455 g/mol. The van der Waals surface area contributed by atoms with Crippen LogP contribution in [0.2, 0.25) is 5.02 Å². The van der Waals surface area contributed by atoms with Gasteiger partial charge in [-0.2, -0.15) is 0 Å². The normalized spacial score (nSPS) is 22.8. The molecule has 0 bridgehead atoms. The van der Waals surface area contributed by atoms with E-state index in [0.717, 1.165) is 5.56 Å². The second kappa shape index (κ2) is 9.40. The third-order valence-electron chi connectivity index (χ3n) is 6.00. The summed E-state index contributed by atoms with van der Waals surface area (Å²) in [5.41, 5.74) is -0.459. The van der Waals surface area contributed by atoms with Gasteiger partial charge in [-0.05, 0) is 42.9 Å². The van der Waals surface area contributed by atoms with Crippen LogP contribution in [0.1, 0.15) is 37.7 Å². The standard InChI is InChI=1S/C21H27ClFN3O5/c1-12(10-21(11-30-2)19(28)24-20(29)25-21)18(27)26-6-4-13(5-7-26)14-8-15(23)17(22)16(9-14)31-3/h8-9,12-13H,4-7,10-11H2,1-3H3,(H2,24,25,28,29). The van der Waals surface area contributed by atoms with Crippen molar-refractivity contribution in [1.82, 2.24) is 15.5 Å². The molecule has 2 atom stereocenters. The van der Waals surface area contributed by atoms with Crippen LogP contribution in [0.25, 0.3) is 0 Å². The SMILES string of the molecule is COCC1(CC(C)C(=O)N2CCC(c3cc(F)c(Cl)c(OC)c3)CC2)NC(=O)NC1=O. The number of benzene rings is 1. The van der Waals surface area contributed by atoms with E-state index in [1.807, 2.05) is 0 Å². The second-order valence-corrected chi connectivity index (χ2v) is 8.53. The topological polar surface area (TPSA) is 97.0 Å². The van der Waals surface area contributed by atoms with Crippen molar-refractivity contribution < 1.29 is 28.2 Å². The molecule has 0 saturated carbocycles. The Morgan fingerprint density at radius 2 is 2.00 bits per heavy atom. The van der Waals surface area contributed by atoms with Gasteiger partial charge in [0.15, 0.2) is 0 Å². The highest BCUT2D eigenvalue weighted by molar-refractivity contribution is 6.32. The molecule has 1 aromatic carbocycles. The van der Waals surface area contributed by atoms with Gasteiger partial charge in [-0.1, -0.05) is 18.5 Å². The molecule has 1 aromatic rings. The summed E-state index contributed by atoms with van der Waals surface area (Å²) in [6.45, 7) is 2.74. The molecular weight excluding hydrogens is 429 g/mol. The number of urea groups is 1. The summed E-state index contributed by atoms with van der Waals surface area (Å²) in [5, 5.41) is 4.78. The molecule has 0 spiro atoms. The summed E-state index contributed by atoms with van der Waals surface area (Å²) in [5.74, 6) is -1.23.